The molecule has 0 aromatic heterocycles. The van der Waals surface area contributed by atoms with Crippen molar-refractivity contribution >= 4 is 29.0 Å². The van der Waals surface area contributed by atoms with E-state index in [1.54, 1.807) is 13.8 Å². The number of benzene rings is 4. The lowest BCUT2D eigenvalue weighted by atomic mass is 9.73. The highest BCUT2D eigenvalue weighted by molar-refractivity contribution is 5.88. The number of nitrogens with zero attached hydrogens (tertiary/aromatic N) is 1. The summed E-state index contributed by atoms with van der Waals surface area (Å²) in [7, 11) is 0. The van der Waals surface area contributed by atoms with Gasteiger partial charge in [-0.2, -0.15) is 0 Å². The number of carbonyl (C=O) groups excluding carboxylic acids is 2. The average molecular weight is 586 g/mol. The Labute approximate surface area is 260 Å². The zero-order valence-corrected chi connectivity index (χ0v) is 26.0. The van der Waals surface area contributed by atoms with E-state index in [0.717, 1.165) is 39.3 Å². The topological polar surface area (TPSA) is 55.8 Å². The summed E-state index contributed by atoms with van der Waals surface area (Å²) >= 11 is 0. The molecule has 1 aliphatic carbocycles. The van der Waals surface area contributed by atoms with Gasteiger partial charge in [-0.3, -0.25) is 0 Å². The molecule has 1 aliphatic rings. The molecule has 0 aliphatic heterocycles. The number of carbonyl (C=O) groups is 2. The predicted octanol–water partition coefficient (Wildman–Crippen LogP) is 9.06. The van der Waals surface area contributed by atoms with Gasteiger partial charge >= 0.3 is 11.9 Å². The Morgan fingerprint density at radius 1 is 0.636 bits per heavy atom. The van der Waals surface area contributed by atoms with Gasteiger partial charge in [0.05, 0.1) is 13.2 Å². The molecule has 44 heavy (non-hydrogen) atoms. The van der Waals surface area contributed by atoms with Crippen molar-refractivity contribution in [1.82, 2.24) is 0 Å². The standard InChI is InChI=1S/C39H39NO4/c1-26(2)37(41)43-23-21-39(22-24-44-38(42)27(3)4)35-10-8-7-9-33(35)34-20-19-32(25-36(34)39)40(30-15-11-28(5)12-16-30)31-17-13-29(6)14-18-31/h7-20,25H,1,3,21-24H2,2,4-6H3. The summed E-state index contributed by atoms with van der Waals surface area (Å²) in [6, 6.07) is 32.0. The minimum atomic E-state index is -0.571. The molecular formula is C39H39NO4. The molecule has 0 fully saturated rings. The Kier molecular flexibility index (Phi) is 8.86. The molecular weight excluding hydrogens is 546 g/mol. The summed E-state index contributed by atoms with van der Waals surface area (Å²) in [6.45, 7) is 15.3. The SMILES string of the molecule is C=C(C)C(=O)OCCC1(CCOC(=O)C(=C)C)c2ccccc2-c2ccc(N(c3ccc(C)cc3)c3ccc(C)cc3)cc21. The maximum Gasteiger partial charge on any atom is 0.333 e. The van der Waals surface area contributed by atoms with Crippen LogP contribution in [0.5, 0.6) is 0 Å². The lowest BCUT2D eigenvalue weighted by Gasteiger charge is -2.33. The molecule has 0 amide bonds. The van der Waals surface area contributed by atoms with Crippen LogP contribution in [-0.4, -0.2) is 25.2 Å². The van der Waals surface area contributed by atoms with Gasteiger partial charge in [-0.25, -0.2) is 9.59 Å². The number of anilines is 3. The highest BCUT2D eigenvalue weighted by atomic mass is 16.5. The molecule has 224 valence electrons. The number of fused-ring (bicyclic) bond motifs is 3. The Morgan fingerprint density at radius 3 is 1.59 bits per heavy atom. The van der Waals surface area contributed by atoms with Crippen molar-refractivity contribution in [2.75, 3.05) is 18.1 Å². The zero-order valence-electron chi connectivity index (χ0n) is 26.0. The fraction of sp³-hybridized carbons (Fsp3) is 0.231. The highest BCUT2D eigenvalue weighted by Crippen LogP contribution is 2.54. The summed E-state index contributed by atoms with van der Waals surface area (Å²) < 4.78 is 11.3. The van der Waals surface area contributed by atoms with Crippen molar-refractivity contribution in [3.05, 3.63) is 138 Å². The van der Waals surface area contributed by atoms with E-state index in [4.69, 9.17) is 9.47 Å². The monoisotopic (exact) mass is 585 g/mol. The van der Waals surface area contributed by atoms with Gasteiger partial charge in [-0.05, 0) is 99.2 Å². The zero-order chi connectivity index (χ0) is 31.4. The molecule has 0 atom stereocenters. The molecule has 0 N–H and O–H groups in total. The van der Waals surface area contributed by atoms with Crippen LogP contribution >= 0.6 is 0 Å². The molecule has 5 rings (SSSR count). The second-order valence-corrected chi connectivity index (χ2v) is 11.7. The number of hydrogen-bond acceptors (Lipinski definition) is 5. The average Bonchev–Trinajstić information content (AvgIpc) is 3.28. The lowest BCUT2D eigenvalue weighted by Crippen LogP contribution is -2.30. The molecule has 5 nitrogen and oxygen atoms in total. The van der Waals surface area contributed by atoms with Crippen molar-refractivity contribution in [3.63, 3.8) is 0 Å². The van der Waals surface area contributed by atoms with Crippen molar-refractivity contribution in [1.29, 1.82) is 0 Å². The Bertz CT molecular complexity index is 1640. The maximum atomic E-state index is 12.4. The molecule has 0 heterocycles. The molecule has 0 unspecified atom stereocenters. The summed E-state index contributed by atoms with van der Waals surface area (Å²) in [5.41, 5.74) is 10.1. The first-order valence-corrected chi connectivity index (χ1v) is 14.9. The largest absolute Gasteiger partial charge is 0.462 e. The number of hydrogen-bond donors (Lipinski definition) is 0. The Balaban J connectivity index is 1.65. The van der Waals surface area contributed by atoms with E-state index in [1.165, 1.54) is 11.1 Å². The van der Waals surface area contributed by atoms with E-state index in [9.17, 15) is 9.59 Å². The highest BCUT2D eigenvalue weighted by Gasteiger charge is 2.43. The predicted molar refractivity (Wildman–Crippen MR) is 178 cm³/mol. The number of esters is 2. The minimum absolute atomic E-state index is 0.192. The van der Waals surface area contributed by atoms with Crippen molar-refractivity contribution < 1.29 is 19.1 Å². The quantitative estimate of drug-likeness (QED) is 0.130. The normalized spacial score (nSPS) is 12.5. The van der Waals surface area contributed by atoms with Gasteiger partial charge in [0.15, 0.2) is 0 Å². The van der Waals surface area contributed by atoms with Crippen molar-refractivity contribution in [3.8, 4) is 11.1 Å². The van der Waals surface area contributed by atoms with Gasteiger partial charge < -0.3 is 14.4 Å². The van der Waals surface area contributed by atoms with E-state index in [-0.39, 0.29) is 13.2 Å². The van der Waals surface area contributed by atoms with E-state index in [2.05, 4.69) is 111 Å². The van der Waals surface area contributed by atoms with Crippen LogP contribution < -0.4 is 4.90 Å². The first kappa shape index (κ1) is 30.6. The maximum absolute atomic E-state index is 12.4. The van der Waals surface area contributed by atoms with Crippen LogP contribution in [-0.2, 0) is 24.5 Å². The first-order valence-electron chi connectivity index (χ1n) is 14.9. The summed E-state index contributed by atoms with van der Waals surface area (Å²) in [5.74, 6) is -0.835. The van der Waals surface area contributed by atoms with E-state index in [0.29, 0.717) is 24.0 Å². The molecule has 0 saturated heterocycles. The van der Waals surface area contributed by atoms with Gasteiger partial charge in [0, 0.05) is 33.6 Å². The molecule has 4 aromatic rings. The van der Waals surface area contributed by atoms with Gasteiger partial charge in [-0.1, -0.05) is 78.9 Å². The summed E-state index contributed by atoms with van der Waals surface area (Å²) in [4.78, 5) is 27.0. The van der Waals surface area contributed by atoms with E-state index < -0.39 is 17.4 Å². The third kappa shape index (κ3) is 6.09. The third-order valence-corrected chi connectivity index (χ3v) is 8.31. The molecule has 5 heteroatoms. The molecule has 0 bridgehead atoms. The van der Waals surface area contributed by atoms with Crippen LogP contribution in [0.25, 0.3) is 11.1 Å². The number of ether oxygens (including phenoxy) is 2. The smallest absolute Gasteiger partial charge is 0.333 e. The molecule has 4 aromatic carbocycles. The van der Waals surface area contributed by atoms with Crippen LogP contribution in [0.15, 0.2) is 115 Å². The minimum Gasteiger partial charge on any atom is -0.462 e. The van der Waals surface area contributed by atoms with Crippen LogP contribution in [0.1, 0.15) is 48.9 Å². The Hall–Kier alpha value is -4.90. The van der Waals surface area contributed by atoms with Gasteiger partial charge in [-0.15, -0.1) is 0 Å². The second-order valence-electron chi connectivity index (χ2n) is 11.7. The van der Waals surface area contributed by atoms with Crippen LogP contribution in [0.4, 0.5) is 17.1 Å². The van der Waals surface area contributed by atoms with E-state index >= 15 is 0 Å². The summed E-state index contributed by atoms with van der Waals surface area (Å²) in [5, 5.41) is 0. The molecule has 0 radical (unpaired) electrons. The van der Waals surface area contributed by atoms with Gasteiger partial charge in [0.1, 0.15) is 0 Å². The van der Waals surface area contributed by atoms with Crippen molar-refractivity contribution in [2.24, 2.45) is 0 Å². The Morgan fingerprint density at radius 2 is 1.09 bits per heavy atom. The summed E-state index contributed by atoms with van der Waals surface area (Å²) in [6.07, 6.45) is 1.03. The van der Waals surface area contributed by atoms with Gasteiger partial charge in [0.2, 0.25) is 0 Å². The number of rotatable bonds is 11. The van der Waals surface area contributed by atoms with Crippen LogP contribution in [0.3, 0.4) is 0 Å². The molecule has 0 spiro atoms. The third-order valence-electron chi connectivity index (χ3n) is 8.31. The molecule has 0 saturated carbocycles. The second kappa shape index (κ2) is 12.8. The van der Waals surface area contributed by atoms with Gasteiger partial charge in [0.25, 0.3) is 0 Å². The lowest BCUT2D eigenvalue weighted by molar-refractivity contribution is -0.139. The number of aryl methyl sites for hydroxylation is 2. The van der Waals surface area contributed by atoms with Crippen LogP contribution in [0, 0.1) is 13.8 Å². The fourth-order valence-corrected chi connectivity index (χ4v) is 5.96. The van der Waals surface area contributed by atoms with Crippen LogP contribution in [0.2, 0.25) is 0 Å². The van der Waals surface area contributed by atoms with E-state index in [1.807, 2.05) is 12.1 Å². The fourth-order valence-electron chi connectivity index (χ4n) is 5.96. The first-order chi connectivity index (χ1) is 21.1. The van der Waals surface area contributed by atoms with Crippen molar-refractivity contribution in [2.45, 2.75) is 46.0 Å².